The van der Waals surface area contributed by atoms with E-state index in [0.717, 1.165) is 101 Å². The van der Waals surface area contributed by atoms with Crippen LogP contribution in [-0.2, 0) is 40.7 Å². The number of halogens is 5. The van der Waals surface area contributed by atoms with Gasteiger partial charge in [-0.05, 0) is 262 Å². The molecule has 11 N–H and O–H groups in total. The summed E-state index contributed by atoms with van der Waals surface area (Å²) < 4.78 is 53.2. The highest BCUT2D eigenvalue weighted by atomic mass is 79.9. The summed E-state index contributed by atoms with van der Waals surface area (Å²) in [6.45, 7) is 37.1. The number of aromatic nitrogens is 15. The molecule has 0 aromatic carbocycles. The predicted molar refractivity (Wildman–Crippen MR) is 552 cm³/mol. The quantitative estimate of drug-likeness (QED) is 0.0457. The number of ether oxygens (including phenoxy) is 9. The van der Waals surface area contributed by atoms with E-state index < -0.39 is 69.5 Å². The fraction of sp³-hybridized carbons (Fsp3) is 0.521. The molecule has 3 spiro atoms. The van der Waals surface area contributed by atoms with Gasteiger partial charge < -0.3 is 90.9 Å². The third-order valence-corrected chi connectivity index (χ3v) is 22.5. The van der Waals surface area contributed by atoms with Crippen molar-refractivity contribution in [3.63, 3.8) is 0 Å². The Bertz CT molecular complexity index is 5990. The number of nitrogen functional groups attached to an aromatic ring is 2. The first kappa shape index (κ1) is 118. The Morgan fingerprint density at radius 2 is 0.692 bits per heavy atom. The summed E-state index contributed by atoms with van der Waals surface area (Å²) >= 11 is 22.1. The molecule has 0 radical (unpaired) electrons. The van der Waals surface area contributed by atoms with Crippen LogP contribution in [-0.4, -0.2) is 186 Å². The van der Waals surface area contributed by atoms with Crippen molar-refractivity contribution in [2.75, 3.05) is 45.1 Å². The number of carbonyl (C=O) groups excluding carboxylic acids is 7. The van der Waals surface area contributed by atoms with Crippen molar-refractivity contribution in [2.45, 2.75) is 311 Å². The van der Waals surface area contributed by atoms with Crippen LogP contribution in [0.5, 0.6) is 34.5 Å². The normalized spacial score (nSPS) is 15.2. The van der Waals surface area contributed by atoms with Crippen LogP contribution in [0.2, 0.25) is 15.1 Å². The number of fused-ring (bicyclic) bond motifs is 6. The van der Waals surface area contributed by atoms with Gasteiger partial charge in [-0.15, -0.1) is 12.4 Å². The summed E-state index contributed by atoms with van der Waals surface area (Å²) in [5, 5.41) is 34.2. The Hall–Kier alpha value is -13.2. The number of aromatic hydroxyl groups is 2. The zero-order chi connectivity index (χ0) is 107. The van der Waals surface area contributed by atoms with Crippen LogP contribution >= 0.6 is 63.1 Å². The van der Waals surface area contributed by atoms with Crippen LogP contribution in [0.3, 0.4) is 0 Å². The van der Waals surface area contributed by atoms with Crippen molar-refractivity contribution in [3.05, 3.63) is 161 Å². The summed E-state index contributed by atoms with van der Waals surface area (Å²) in [5.41, 5.74) is 5.79. The van der Waals surface area contributed by atoms with Crippen molar-refractivity contribution >= 4 is 152 Å². The van der Waals surface area contributed by atoms with Crippen LogP contribution in [0.4, 0.5) is 65.5 Å². The standard InChI is InChI=1S/2C19H22ClN5O3.C17H27N3O5.C14H21N3O5.C12H12BrClN2O2.C7H11N3O.C4H5N3O.C4H8O.ClH/c2*1-11(2)28-14-9-21-10-22-16(14)23-13-8-12(20)15-17(26)24-19(25(15)18(13)27)6-4-3-5-7-19;1-11(2)23-12-9-18-10-19-13(12)20(14(21)24-16(3,4)5)15(22)25-17(6,7)8;1-13(2,3)21-11(19)17(12(20)22-14(4,5)6)10-9(18)7-15-8-16-10;13-7-6-8(14)9-10(17)15-12(16(9)11(7)18)4-2-1-3-5-12;1-5(2)11-6-3-9-4-10-7(6)8;5-4-3(8)1-6-2-7-4;1-2-4-5-3-1;/h2*8-11H,3-7H2,1-2H3,(H,24,26)(H,21,22,23);9-11H,1-8H3;7-8,18H,1-6H3;6H,1-5H2,(H,15,17);3-5H,1-2H3,(H2,8,9,10);1-2,8H,(H2,5,6,7);1-4H2;1H. The highest BCUT2D eigenvalue weighted by Gasteiger charge is 2.50. The van der Waals surface area contributed by atoms with E-state index in [-0.39, 0.29) is 133 Å². The van der Waals surface area contributed by atoms with Crippen molar-refractivity contribution < 1.29 is 86.4 Å². The number of hydrogen-bond donors (Lipinski definition) is 9. The summed E-state index contributed by atoms with van der Waals surface area (Å²) in [6, 6.07) is 4.44. The molecule has 45 nitrogen and oxygen atoms in total. The highest BCUT2D eigenvalue weighted by molar-refractivity contribution is 9.10. The van der Waals surface area contributed by atoms with Crippen LogP contribution in [0.1, 0.15) is 279 Å². The number of amides is 7. The lowest BCUT2D eigenvalue weighted by atomic mass is 9.89. The lowest BCUT2D eigenvalue weighted by molar-refractivity contribution is 0.0405. The van der Waals surface area contributed by atoms with Gasteiger partial charge in [0.25, 0.3) is 34.4 Å². The number of nitrogens with one attached hydrogen (secondary N) is 5. The molecule has 50 heteroatoms. The molecule has 3 saturated carbocycles. The molecule has 7 amide bonds. The molecule has 0 bridgehead atoms. The number of nitrogens with two attached hydrogens (primary N) is 2. The molecule has 4 aliphatic heterocycles. The fourth-order valence-corrected chi connectivity index (χ4v) is 16.9. The first-order chi connectivity index (χ1) is 68.1. The summed E-state index contributed by atoms with van der Waals surface area (Å²) in [6.07, 6.45) is 28.0. The van der Waals surface area contributed by atoms with E-state index >= 15 is 0 Å². The number of imide groups is 2. The van der Waals surface area contributed by atoms with Crippen molar-refractivity contribution in [3.8, 4) is 34.5 Å². The van der Waals surface area contributed by atoms with Gasteiger partial charge in [0, 0.05) is 13.2 Å². The van der Waals surface area contributed by atoms with E-state index in [1.807, 2.05) is 55.4 Å². The molecule has 146 heavy (non-hydrogen) atoms. The largest absolute Gasteiger partial charge is 0.503 e. The average molecular weight is 2180 g/mol. The van der Waals surface area contributed by atoms with Crippen molar-refractivity contribution in [1.82, 2.24) is 89.5 Å². The average Bonchev–Trinajstić information content (AvgIpc) is 1.57. The molecule has 7 aliphatic rings. The highest BCUT2D eigenvalue weighted by Crippen LogP contribution is 2.44. The van der Waals surface area contributed by atoms with E-state index in [1.54, 1.807) is 93.8 Å². The Balaban J connectivity index is 0.000000211. The molecular weight excluding hydrogens is 2050 g/mol. The van der Waals surface area contributed by atoms with Gasteiger partial charge in [0.05, 0.1) is 81.1 Å². The first-order valence-electron chi connectivity index (χ1n) is 47.1. The second-order valence-electron chi connectivity index (χ2n) is 39.1. The molecule has 1 saturated heterocycles. The Morgan fingerprint density at radius 3 is 1.01 bits per heavy atom. The molecule has 4 fully saturated rings. The second kappa shape index (κ2) is 51.7. The van der Waals surface area contributed by atoms with Crippen molar-refractivity contribution in [2.24, 2.45) is 0 Å². The van der Waals surface area contributed by atoms with Crippen LogP contribution < -0.4 is 83.5 Å². The van der Waals surface area contributed by atoms with E-state index in [1.165, 1.54) is 96.6 Å². The van der Waals surface area contributed by atoms with Crippen molar-refractivity contribution in [1.29, 1.82) is 0 Å². The maximum absolute atomic E-state index is 13.3. The lowest BCUT2D eigenvalue weighted by Gasteiger charge is -2.35. The summed E-state index contributed by atoms with van der Waals surface area (Å²) in [7, 11) is 0. The first-order valence-corrected chi connectivity index (χ1v) is 49.0. The smallest absolute Gasteiger partial charge is 0.425 e. The topological polar surface area (TPSA) is 582 Å². The molecule has 9 aromatic heterocycles. The van der Waals surface area contributed by atoms with E-state index in [9.17, 15) is 53.1 Å². The minimum Gasteiger partial charge on any atom is -0.503 e. The number of hydrogen-bond acceptors (Lipinski definition) is 37. The third-order valence-electron chi connectivity index (χ3n) is 21.1. The lowest BCUT2D eigenvalue weighted by Crippen LogP contribution is -2.48. The monoisotopic (exact) mass is 2170 g/mol. The minimum atomic E-state index is -1.00. The summed E-state index contributed by atoms with van der Waals surface area (Å²) in [5.74, 6) is 1.09. The van der Waals surface area contributed by atoms with Gasteiger partial charge in [-0.2, -0.15) is 9.80 Å². The molecule has 16 rings (SSSR count). The number of pyridine rings is 3. The number of rotatable bonds is 14. The maximum Gasteiger partial charge on any atom is 0.425 e. The van der Waals surface area contributed by atoms with E-state index in [4.69, 9.17) is 94.0 Å². The fourth-order valence-electron chi connectivity index (χ4n) is 15.5. The van der Waals surface area contributed by atoms with Crippen LogP contribution in [0.15, 0.2) is 112 Å². The molecule has 3 aliphatic carbocycles. The molecule has 794 valence electrons. The maximum atomic E-state index is 13.3. The van der Waals surface area contributed by atoms with E-state index in [2.05, 4.69) is 102 Å². The van der Waals surface area contributed by atoms with Gasteiger partial charge in [-0.25, -0.2) is 79.0 Å². The predicted octanol–water partition coefficient (Wildman–Crippen LogP) is 17.6. The van der Waals surface area contributed by atoms with Gasteiger partial charge >= 0.3 is 24.4 Å². The van der Waals surface area contributed by atoms with Gasteiger partial charge in [0.1, 0.15) is 106 Å². The molecule has 13 heterocycles. The van der Waals surface area contributed by atoms with Crippen LogP contribution in [0.25, 0.3) is 0 Å². The zero-order valence-corrected chi connectivity index (χ0v) is 89.9. The Labute approximate surface area is 874 Å². The second-order valence-corrected chi connectivity index (χ2v) is 41.1. The zero-order valence-electron chi connectivity index (χ0n) is 85.2. The summed E-state index contributed by atoms with van der Waals surface area (Å²) in [4.78, 5) is 173. The molecule has 0 unspecified atom stereocenters. The van der Waals surface area contributed by atoms with Gasteiger partial charge in [-0.1, -0.05) is 54.1 Å². The number of nitrogens with zero attached hydrogens (tertiary/aromatic N) is 17. The Morgan fingerprint density at radius 1 is 0.404 bits per heavy atom. The molecule has 9 aromatic rings. The van der Waals surface area contributed by atoms with Crippen LogP contribution in [0, 0.1) is 0 Å². The number of carbonyl (C=O) groups is 7. The molecule has 0 atom stereocenters. The van der Waals surface area contributed by atoms with Gasteiger partial charge in [0.15, 0.2) is 69.4 Å². The van der Waals surface area contributed by atoms with Gasteiger partial charge in [-0.3, -0.25) is 42.5 Å². The Kier molecular flexibility index (Phi) is 41.8. The number of anilines is 8. The van der Waals surface area contributed by atoms with Gasteiger partial charge in [0.2, 0.25) is 0 Å². The third kappa shape index (κ3) is 32.4. The SMILES string of the molecule is C1CCOC1.CC(C)(C)OC(=O)N(C(=O)OC(C)(C)C)c1ncncc1O.CC(C)Oc1cncnc1N.CC(C)Oc1cncnc1N(C(=O)OC(C)(C)C)C(=O)OC(C)(C)C.CC(C)Oc1cncnc1Nc1cc(Cl)c2n(c1=O)C1(CCCCC1)NC2=O.CC(C)Oc1cncnc1Nc1cc(Cl)c2n(c1=O)C1(CCCCC1)NC2=O.Cl.Nc1ncncc1O.O=C1NC2(CCCCC2)n2c1c(Cl)cc(Br)c2=O. The van der Waals surface area contributed by atoms with E-state index in [0.29, 0.717) is 80.5 Å². The minimum absolute atomic E-state index is 0. The molecular formula is C96H129BrCl4N24O21.